The molecule has 2 atom stereocenters. The molecule has 0 spiro atoms. The van der Waals surface area contributed by atoms with E-state index in [1.165, 1.54) is 6.42 Å². The quantitative estimate of drug-likeness (QED) is 0.309. The van der Waals surface area contributed by atoms with E-state index in [4.69, 9.17) is 10.9 Å². The molecule has 4 N–H and O–H groups in total. The van der Waals surface area contributed by atoms with E-state index < -0.39 is 0 Å². The predicted molar refractivity (Wildman–Crippen MR) is 76.0 cm³/mol. The van der Waals surface area contributed by atoms with E-state index in [1.807, 2.05) is 6.92 Å². The number of rotatable bonds is 5. The average molecular weight is 269 g/mol. The molecule has 1 rings (SSSR count). The van der Waals surface area contributed by atoms with Gasteiger partial charge in [-0.15, -0.1) is 0 Å². The number of hydrogen-bond donors (Lipinski definition) is 3. The number of oxime groups is 1. The normalized spacial score (nSPS) is 24.8. The standard InChI is InChI=1S/C14H27N3O2/c1-4-10(9-12(15)17-19)16-13(18)11-7-5-6-8-14(11,2)3/h10-11,19H,4-9H2,1-3H3,(H2,15,17)(H,16,18). The molecule has 1 aliphatic carbocycles. The Hall–Kier alpha value is -1.26. The Kier molecular flexibility index (Phi) is 5.63. The Morgan fingerprint density at radius 1 is 1.53 bits per heavy atom. The molecule has 5 nitrogen and oxygen atoms in total. The molecule has 0 bridgehead atoms. The fourth-order valence-electron chi connectivity index (χ4n) is 2.87. The van der Waals surface area contributed by atoms with E-state index >= 15 is 0 Å². The van der Waals surface area contributed by atoms with Crippen molar-refractivity contribution < 1.29 is 10.0 Å². The van der Waals surface area contributed by atoms with Crippen molar-refractivity contribution in [2.75, 3.05) is 0 Å². The first kappa shape index (κ1) is 15.8. The lowest BCUT2D eigenvalue weighted by Crippen LogP contribution is -2.46. The summed E-state index contributed by atoms with van der Waals surface area (Å²) in [5.74, 6) is 0.347. The van der Waals surface area contributed by atoms with Crippen LogP contribution in [0.15, 0.2) is 5.16 Å². The minimum Gasteiger partial charge on any atom is -0.409 e. The first-order valence-corrected chi connectivity index (χ1v) is 7.17. The van der Waals surface area contributed by atoms with Gasteiger partial charge in [-0.05, 0) is 24.7 Å². The fourth-order valence-corrected chi connectivity index (χ4v) is 2.87. The summed E-state index contributed by atoms with van der Waals surface area (Å²) in [5.41, 5.74) is 5.57. The van der Waals surface area contributed by atoms with Gasteiger partial charge >= 0.3 is 0 Å². The van der Waals surface area contributed by atoms with Crippen LogP contribution >= 0.6 is 0 Å². The van der Waals surface area contributed by atoms with Crippen LogP contribution in [-0.4, -0.2) is 23.0 Å². The maximum absolute atomic E-state index is 12.4. The van der Waals surface area contributed by atoms with Crippen molar-refractivity contribution in [2.45, 2.75) is 65.3 Å². The Labute approximate surface area is 115 Å². The molecule has 0 aromatic carbocycles. The molecule has 0 aromatic rings. The molecule has 1 fully saturated rings. The highest BCUT2D eigenvalue weighted by Gasteiger charge is 2.37. The van der Waals surface area contributed by atoms with Crippen LogP contribution in [0.1, 0.15) is 59.3 Å². The number of hydrogen-bond acceptors (Lipinski definition) is 3. The van der Waals surface area contributed by atoms with Crippen molar-refractivity contribution in [3.05, 3.63) is 0 Å². The third kappa shape index (κ3) is 4.40. The molecule has 1 amide bonds. The number of carbonyl (C=O) groups is 1. The van der Waals surface area contributed by atoms with Gasteiger partial charge in [0, 0.05) is 18.4 Å². The van der Waals surface area contributed by atoms with E-state index in [1.54, 1.807) is 0 Å². The number of nitrogens with zero attached hydrogens (tertiary/aromatic N) is 1. The molecule has 1 aliphatic rings. The monoisotopic (exact) mass is 269 g/mol. The van der Waals surface area contributed by atoms with Gasteiger partial charge in [0.05, 0.1) is 0 Å². The van der Waals surface area contributed by atoms with Gasteiger partial charge in [-0.25, -0.2) is 0 Å². The summed E-state index contributed by atoms with van der Waals surface area (Å²) in [7, 11) is 0. The summed E-state index contributed by atoms with van der Waals surface area (Å²) in [6.07, 6.45) is 5.55. The predicted octanol–water partition coefficient (Wildman–Crippen LogP) is 2.23. The van der Waals surface area contributed by atoms with Gasteiger partial charge in [-0.2, -0.15) is 0 Å². The van der Waals surface area contributed by atoms with E-state index in [-0.39, 0.29) is 29.1 Å². The van der Waals surface area contributed by atoms with Crippen molar-refractivity contribution in [1.29, 1.82) is 0 Å². The SMILES string of the molecule is CCC(CC(N)=NO)NC(=O)C1CCCCC1(C)C. The minimum atomic E-state index is -0.0545. The topological polar surface area (TPSA) is 87.7 Å². The first-order chi connectivity index (χ1) is 8.90. The van der Waals surface area contributed by atoms with Crippen molar-refractivity contribution >= 4 is 11.7 Å². The van der Waals surface area contributed by atoms with Gasteiger partial charge in [-0.3, -0.25) is 4.79 Å². The van der Waals surface area contributed by atoms with Gasteiger partial charge in [0.25, 0.3) is 0 Å². The highest BCUT2D eigenvalue weighted by atomic mass is 16.4. The lowest BCUT2D eigenvalue weighted by molar-refractivity contribution is -0.130. The maximum Gasteiger partial charge on any atom is 0.223 e. The second-order valence-electron chi connectivity index (χ2n) is 6.20. The smallest absolute Gasteiger partial charge is 0.223 e. The molecular weight excluding hydrogens is 242 g/mol. The first-order valence-electron chi connectivity index (χ1n) is 7.17. The maximum atomic E-state index is 12.4. The Morgan fingerprint density at radius 2 is 2.21 bits per heavy atom. The lowest BCUT2D eigenvalue weighted by Gasteiger charge is -2.38. The van der Waals surface area contributed by atoms with Crippen LogP contribution in [-0.2, 0) is 4.79 Å². The Morgan fingerprint density at radius 3 is 2.74 bits per heavy atom. The van der Waals surface area contributed by atoms with E-state index in [0.29, 0.717) is 6.42 Å². The Bertz CT molecular complexity index is 340. The number of carbonyl (C=O) groups excluding carboxylic acids is 1. The van der Waals surface area contributed by atoms with Gasteiger partial charge < -0.3 is 16.3 Å². The van der Waals surface area contributed by atoms with Crippen LogP contribution in [0.3, 0.4) is 0 Å². The van der Waals surface area contributed by atoms with Crippen LogP contribution in [0.2, 0.25) is 0 Å². The zero-order chi connectivity index (χ0) is 14.5. The molecule has 0 radical (unpaired) electrons. The highest BCUT2D eigenvalue weighted by molar-refractivity contribution is 5.83. The van der Waals surface area contributed by atoms with Gasteiger partial charge in [0.15, 0.2) is 0 Å². The van der Waals surface area contributed by atoms with Crippen molar-refractivity contribution in [3.8, 4) is 0 Å². The molecule has 1 saturated carbocycles. The number of nitrogens with two attached hydrogens (primary N) is 1. The third-order valence-electron chi connectivity index (χ3n) is 4.25. The van der Waals surface area contributed by atoms with Crippen molar-refractivity contribution in [2.24, 2.45) is 22.2 Å². The van der Waals surface area contributed by atoms with Crippen molar-refractivity contribution in [3.63, 3.8) is 0 Å². The average Bonchev–Trinajstić information content (AvgIpc) is 2.36. The number of nitrogens with one attached hydrogen (secondary N) is 1. The second kappa shape index (κ2) is 6.78. The summed E-state index contributed by atoms with van der Waals surface area (Å²) in [6, 6.07) is -0.0545. The molecule has 110 valence electrons. The third-order valence-corrected chi connectivity index (χ3v) is 4.25. The van der Waals surface area contributed by atoms with E-state index in [9.17, 15) is 4.79 Å². The molecule has 0 saturated heterocycles. The molecule has 0 heterocycles. The largest absolute Gasteiger partial charge is 0.409 e. The van der Waals surface area contributed by atoms with Crippen LogP contribution in [0.25, 0.3) is 0 Å². The van der Waals surface area contributed by atoms with Crippen LogP contribution in [0.4, 0.5) is 0 Å². The summed E-state index contributed by atoms with van der Waals surface area (Å²) < 4.78 is 0. The molecule has 19 heavy (non-hydrogen) atoms. The summed E-state index contributed by atoms with van der Waals surface area (Å²) in [6.45, 7) is 6.32. The molecule has 5 heteroatoms. The van der Waals surface area contributed by atoms with Gasteiger partial charge in [0.2, 0.25) is 5.91 Å². The second-order valence-corrected chi connectivity index (χ2v) is 6.20. The van der Waals surface area contributed by atoms with Crippen LogP contribution < -0.4 is 11.1 Å². The molecule has 2 unspecified atom stereocenters. The highest BCUT2D eigenvalue weighted by Crippen LogP contribution is 2.40. The Balaban J connectivity index is 2.61. The van der Waals surface area contributed by atoms with E-state index in [2.05, 4.69) is 24.3 Å². The van der Waals surface area contributed by atoms with Crippen LogP contribution in [0, 0.1) is 11.3 Å². The van der Waals surface area contributed by atoms with Gasteiger partial charge in [0.1, 0.15) is 5.84 Å². The zero-order valence-electron chi connectivity index (χ0n) is 12.3. The molecule has 0 aliphatic heterocycles. The molecule has 0 aromatic heterocycles. The zero-order valence-corrected chi connectivity index (χ0v) is 12.3. The lowest BCUT2D eigenvalue weighted by atomic mass is 9.68. The summed E-state index contributed by atoms with van der Waals surface area (Å²) in [5, 5.41) is 14.6. The number of amides is 1. The van der Waals surface area contributed by atoms with E-state index in [0.717, 1.165) is 25.7 Å². The summed E-state index contributed by atoms with van der Waals surface area (Å²) in [4.78, 5) is 12.4. The molecular formula is C14H27N3O2. The fraction of sp³-hybridized carbons (Fsp3) is 0.857. The minimum absolute atomic E-state index is 0.0545. The number of amidine groups is 1. The van der Waals surface area contributed by atoms with Crippen molar-refractivity contribution in [1.82, 2.24) is 5.32 Å². The van der Waals surface area contributed by atoms with Crippen LogP contribution in [0.5, 0.6) is 0 Å². The van der Waals surface area contributed by atoms with Gasteiger partial charge in [-0.1, -0.05) is 38.8 Å². The summed E-state index contributed by atoms with van der Waals surface area (Å²) >= 11 is 0.